The van der Waals surface area contributed by atoms with Crippen molar-refractivity contribution in [2.75, 3.05) is 50.2 Å². The summed E-state index contributed by atoms with van der Waals surface area (Å²) < 4.78 is 39.2. The molecular weight excluding hydrogens is 609 g/mol. The summed E-state index contributed by atoms with van der Waals surface area (Å²) in [4.78, 5) is 45.9. The van der Waals surface area contributed by atoms with E-state index in [4.69, 9.17) is 0 Å². The number of hydrogen-bond donors (Lipinski definition) is 4. The molecule has 0 bridgehead atoms. The fourth-order valence-corrected chi connectivity index (χ4v) is 5.32. The molecule has 244 valence electrons. The van der Waals surface area contributed by atoms with Gasteiger partial charge in [0.25, 0.3) is 17.7 Å². The van der Waals surface area contributed by atoms with Gasteiger partial charge in [0, 0.05) is 59.7 Å². The van der Waals surface area contributed by atoms with Crippen molar-refractivity contribution < 1.29 is 27.6 Å². The molecule has 3 aromatic carbocycles. The Kier molecular flexibility index (Phi) is 9.25. The van der Waals surface area contributed by atoms with Crippen molar-refractivity contribution in [2.24, 2.45) is 0 Å². The van der Waals surface area contributed by atoms with E-state index in [2.05, 4.69) is 20.9 Å². The van der Waals surface area contributed by atoms with Gasteiger partial charge in [0.2, 0.25) is 0 Å². The summed E-state index contributed by atoms with van der Waals surface area (Å²) in [7, 11) is 5.68. The van der Waals surface area contributed by atoms with E-state index in [1.54, 1.807) is 48.4 Å². The minimum Gasteiger partial charge on any atom is -0.358 e. The average molecular weight is 645 g/mol. The normalized spacial score (nSPS) is 13.5. The van der Waals surface area contributed by atoms with Gasteiger partial charge in [0.05, 0.1) is 22.4 Å². The van der Waals surface area contributed by atoms with Crippen molar-refractivity contribution in [1.29, 1.82) is 0 Å². The highest BCUT2D eigenvalue weighted by molar-refractivity contribution is 6.35. The number of hydrogen-bond acceptors (Lipinski definition) is 5. The number of carbonyl (C=O) groups is 3. The first-order chi connectivity index (χ1) is 22.2. The van der Waals surface area contributed by atoms with Gasteiger partial charge in [0.1, 0.15) is 0 Å². The standard InChI is InChI=1S/C35H35F3N6O3/c1-20-29(39-21(2)31(20)34(47)44(5)15-14-43(3)4)19-28-27-13-12-26(18-30(27)42-33(28)46)40-24-10-7-11-25(17-24)41-32(45)22-8-6-9-23(16-22)35(36,37)38/h6-13,16-19,39-40H,14-15H2,1-5H3,(H,41,45)(H,42,46)/b28-19-. The van der Waals surface area contributed by atoms with Crippen LogP contribution in [0.4, 0.5) is 35.9 Å². The summed E-state index contributed by atoms with van der Waals surface area (Å²) in [6.07, 6.45) is -2.80. The van der Waals surface area contributed by atoms with Crippen LogP contribution >= 0.6 is 0 Å². The molecule has 0 unspecified atom stereocenters. The summed E-state index contributed by atoms with van der Waals surface area (Å²) in [5, 5.41) is 8.76. The zero-order chi connectivity index (χ0) is 34.0. The van der Waals surface area contributed by atoms with E-state index in [0.29, 0.717) is 51.7 Å². The van der Waals surface area contributed by atoms with Crippen molar-refractivity contribution in [3.63, 3.8) is 0 Å². The van der Waals surface area contributed by atoms with Crippen LogP contribution in [0, 0.1) is 13.8 Å². The first-order valence-electron chi connectivity index (χ1n) is 14.8. The van der Waals surface area contributed by atoms with Crippen molar-refractivity contribution in [3.8, 4) is 0 Å². The molecule has 9 nitrogen and oxygen atoms in total. The number of carbonyl (C=O) groups excluding carboxylic acids is 3. The lowest BCUT2D eigenvalue weighted by Crippen LogP contribution is -2.34. The number of aromatic nitrogens is 1. The summed E-state index contributed by atoms with van der Waals surface area (Å²) in [5.74, 6) is -1.04. The molecule has 5 rings (SSSR count). The van der Waals surface area contributed by atoms with Crippen LogP contribution < -0.4 is 16.0 Å². The second-order valence-electron chi connectivity index (χ2n) is 11.7. The Bertz CT molecular complexity index is 1890. The van der Waals surface area contributed by atoms with Crippen LogP contribution in [0.15, 0.2) is 66.7 Å². The van der Waals surface area contributed by atoms with Gasteiger partial charge in [-0.05, 0) is 88.1 Å². The molecule has 4 aromatic rings. The molecule has 1 aromatic heterocycles. The Labute approximate surface area is 270 Å². The fourth-order valence-electron chi connectivity index (χ4n) is 5.32. The molecule has 4 N–H and O–H groups in total. The first-order valence-corrected chi connectivity index (χ1v) is 14.8. The van der Waals surface area contributed by atoms with Crippen LogP contribution in [-0.2, 0) is 11.0 Å². The lowest BCUT2D eigenvalue weighted by molar-refractivity contribution is -0.137. The number of nitrogens with one attached hydrogen (secondary N) is 4. The summed E-state index contributed by atoms with van der Waals surface area (Å²) >= 11 is 0. The lowest BCUT2D eigenvalue weighted by atomic mass is 10.0. The number of benzene rings is 3. The number of aryl methyl sites for hydroxylation is 1. The minimum absolute atomic E-state index is 0.0889. The maximum atomic E-state index is 13.2. The van der Waals surface area contributed by atoms with Crippen LogP contribution in [0.2, 0.25) is 0 Å². The molecule has 12 heteroatoms. The van der Waals surface area contributed by atoms with Gasteiger partial charge in [-0.3, -0.25) is 14.4 Å². The van der Waals surface area contributed by atoms with Gasteiger partial charge >= 0.3 is 6.18 Å². The monoisotopic (exact) mass is 644 g/mol. The van der Waals surface area contributed by atoms with Crippen LogP contribution in [0.1, 0.15) is 48.8 Å². The summed E-state index contributed by atoms with van der Waals surface area (Å²) in [6, 6.07) is 16.4. The van der Waals surface area contributed by atoms with Gasteiger partial charge in [-0.2, -0.15) is 13.2 Å². The number of halogens is 3. The van der Waals surface area contributed by atoms with Gasteiger partial charge < -0.3 is 30.7 Å². The molecule has 0 saturated carbocycles. The summed E-state index contributed by atoms with van der Waals surface area (Å²) in [5.41, 5.74) is 5.14. The van der Waals surface area contributed by atoms with Gasteiger partial charge in [-0.15, -0.1) is 0 Å². The topological polar surface area (TPSA) is 110 Å². The zero-order valence-corrected chi connectivity index (χ0v) is 26.6. The lowest BCUT2D eigenvalue weighted by Gasteiger charge is -2.20. The van der Waals surface area contributed by atoms with E-state index in [1.807, 2.05) is 45.0 Å². The van der Waals surface area contributed by atoms with E-state index >= 15 is 0 Å². The summed E-state index contributed by atoms with van der Waals surface area (Å²) in [6.45, 7) is 5.02. The van der Waals surface area contributed by atoms with Crippen molar-refractivity contribution in [1.82, 2.24) is 14.8 Å². The van der Waals surface area contributed by atoms with Crippen LogP contribution in [0.3, 0.4) is 0 Å². The maximum absolute atomic E-state index is 13.2. The number of H-pyrrole nitrogens is 1. The number of alkyl halides is 3. The minimum atomic E-state index is -4.56. The fraction of sp³-hybridized carbons (Fsp3) is 0.229. The number of likely N-dealkylation sites (N-methyl/N-ethyl adjacent to an activating group) is 2. The molecule has 1 aliphatic rings. The van der Waals surface area contributed by atoms with Crippen LogP contribution in [0.5, 0.6) is 0 Å². The van der Waals surface area contributed by atoms with Crippen molar-refractivity contribution in [2.45, 2.75) is 20.0 Å². The van der Waals surface area contributed by atoms with E-state index in [1.165, 1.54) is 12.1 Å². The molecule has 0 aliphatic carbocycles. The molecule has 0 spiro atoms. The highest BCUT2D eigenvalue weighted by Gasteiger charge is 2.31. The smallest absolute Gasteiger partial charge is 0.358 e. The second-order valence-corrected chi connectivity index (χ2v) is 11.7. The van der Waals surface area contributed by atoms with Crippen LogP contribution in [-0.4, -0.2) is 66.7 Å². The second kappa shape index (κ2) is 13.2. The quantitative estimate of drug-likeness (QED) is 0.150. The maximum Gasteiger partial charge on any atom is 0.416 e. The molecule has 0 radical (unpaired) electrons. The first kappa shape index (κ1) is 33.0. The van der Waals surface area contributed by atoms with E-state index in [9.17, 15) is 27.6 Å². The van der Waals surface area contributed by atoms with E-state index < -0.39 is 17.6 Å². The molecular formula is C35H35F3N6O3. The Morgan fingerprint density at radius 2 is 1.60 bits per heavy atom. The highest BCUT2D eigenvalue weighted by atomic mass is 19.4. The SMILES string of the molecule is Cc1[nH]c(/C=C2\C(=O)Nc3cc(Nc4cccc(NC(=O)c5cccc(C(F)(F)F)c5)c4)ccc32)c(C)c1C(=O)N(C)CCN(C)C. The Morgan fingerprint density at radius 1 is 0.894 bits per heavy atom. The van der Waals surface area contributed by atoms with Gasteiger partial charge in [-0.25, -0.2) is 0 Å². The highest BCUT2D eigenvalue weighted by Crippen LogP contribution is 2.37. The average Bonchev–Trinajstić information content (AvgIpc) is 3.48. The largest absolute Gasteiger partial charge is 0.416 e. The Balaban J connectivity index is 1.31. The zero-order valence-electron chi connectivity index (χ0n) is 26.6. The number of anilines is 4. The van der Waals surface area contributed by atoms with Crippen LogP contribution in [0.25, 0.3) is 11.6 Å². The third-order valence-corrected chi connectivity index (χ3v) is 7.87. The molecule has 1 aliphatic heterocycles. The van der Waals surface area contributed by atoms with Crippen molar-refractivity contribution >= 4 is 52.1 Å². The van der Waals surface area contributed by atoms with Crippen molar-refractivity contribution in [3.05, 3.63) is 106 Å². The third-order valence-electron chi connectivity index (χ3n) is 7.87. The molecule has 3 amide bonds. The molecule has 0 fully saturated rings. The number of nitrogens with zero attached hydrogens (tertiary/aromatic N) is 2. The number of rotatable bonds is 9. The number of amides is 3. The van der Waals surface area contributed by atoms with Gasteiger partial charge in [-0.1, -0.05) is 18.2 Å². The number of aromatic amines is 1. The molecule has 2 heterocycles. The van der Waals surface area contributed by atoms with E-state index in [0.717, 1.165) is 29.9 Å². The molecule has 47 heavy (non-hydrogen) atoms. The predicted molar refractivity (Wildman–Crippen MR) is 178 cm³/mol. The Morgan fingerprint density at radius 3 is 2.32 bits per heavy atom. The third kappa shape index (κ3) is 7.39. The predicted octanol–water partition coefficient (Wildman–Crippen LogP) is 6.77. The Hall–Kier alpha value is -5.36. The van der Waals surface area contributed by atoms with Gasteiger partial charge in [0.15, 0.2) is 0 Å². The molecule has 0 atom stereocenters. The molecule has 0 saturated heterocycles. The number of fused-ring (bicyclic) bond motifs is 1. The van der Waals surface area contributed by atoms with E-state index in [-0.39, 0.29) is 17.4 Å².